The summed E-state index contributed by atoms with van der Waals surface area (Å²) in [4.78, 5) is 12.7. The van der Waals surface area contributed by atoms with Crippen LogP contribution < -0.4 is 14.8 Å². The van der Waals surface area contributed by atoms with Gasteiger partial charge in [0.1, 0.15) is 11.5 Å². The van der Waals surface area contributed by atoms with E-state index in [-0.39, 0.29) is 11.4 Å². The highest BCUT2D eigenvalue weighted by Gasteiger charge is 2.32. The van der Waals surface area contributed by atoms with Crippen molar-refractivity contribution in [1.82, 2.24) is 9.78 Å². The molecule has 25 heavy (non-hydrogen) atoms. The van der Waals surface area contributed by atoms with Crippen LogP contribution in [0.15, 0.2) is 24.3 Å². The first-order chi connectivity index (χ1) is 11.8. The SMILES string of the molecule is COc1ccc(NC(=O)c2cc(C3CC3)n(C(C)(C)C)n2)c(OC)c1. The number of amides is 1. The summed E-state index contributed by atoms with van der Waals surface area (Å²) in [6.45, 7) is 6.29. The summed E-state index contributed by atoms with van der Waals surface area (Å²) < 4.78 is 12.5. The molecule has 0 bridgehead atoms. The Bertz CT molecular complexity index is 786. The van der Waals surface area contributed by atoms with Gasteiger partial charge in [-0.3, -0.25) is 9.48 Å². The Labute approximate surface area is 148 Å². The molecule has 0 atom stereocenters. The lowest BCUT2D eigenvalue weighted by atomic mass is 10.1. The molecule has 1 aliphatic rings. The maximum absolute atomic E-state index is 12.7. The third-order valence-electron chi connectivity index (χ3n) is 4.26. The number of nitrogens with one attached hydrogen (secondary N) is 1. The third kappa shape index (κ3) is 3.62. The van der Waals surface area contributed by atoms with Crippen molar-refractivity contribution in [1.29, 1.82) is 0 Å². The maximum atomic E-state index is 12.7. The van der Waals surface area contributed by atoms with E-state index in [1.54, 1.807) is 32.4 Å². The molecule has 6 nitrogen and oxygen atoms in total. The second-order valence-corrected chi connectivity index (χ2v) is 7.33. The van der Waals surface area contributed by atoms with E-state index in [2.05, 4.69) is 31.2 Å². The van der Waals surface area contributed by atoms with Crippen molar-refractivity contribution in [2.24, 2.45) is 0 Å². The van der Waals surface area contributed by atoms with Crippen LogP contribution in [0.5, 0.6) is 11.5 Å². The minimum absolute atomic E-state index is 0.158. The maximum Gasteiger partial charge on any atom is 0.276 e. The van der Waals surface area contributed by atoms with Crippen LogP contribution in [0.4, 0.5) is 5.69 Å². The topological polar surface area (TPSA) is 65.4 Å². The highest BCUT2D eigenvalue weighted by Crippen LogP contribution is 2.41. The molecule has 0 aliphatic heterocycles. The molecule has 0 spiro atoms. The normalized spacial score (nSPS) is 14.3. The lowest BCUT2D eigenvalue weighted by molar-refractivity contribution is 0.102. The number of carbonyl (C=O) groups is 1. The molecule has 2 aromatic rings. The molecule has 134 valence electrons. The summed E-state index contributed by atoms with van der Waals surface area (Å²) >= 11 is 0. The molecule has 1 amide bonds. The quantitative estimate of drug-likeness (QED) is 0.897. The molecule has 1 N–H and O–H groups in total. The van der Waals surface area contributed by atoms with Crippen LogP contribution in [0, 0.1) is 0 Å². The van der Waals surface area contributed by atoms with Gasteiger partial charge >= 0.3 is 0 Å². The van der Waals surface area contributed by atoms with Gasteiger partial charge in [-0.1, -0.05) is 0 Å². The Morgan fingerprint density at radius 2 is 1.92 bits per heavy atom. The van der Waals surface area contributed by atoms with E-state index in [1.807, 2.05) is 10.7 Å². The number of hydrogen-bond donors (Lipinski definition) is 1. The van der Waals surface area contributed by atoms with Crippen LogP contribution in [-0.2, 0) is 5.54 Å². The van der Waals surface area contributed by atoms with Crippen LogP contribution in [0.2, 0.25) is 0 Å². The van der Waals surface area contributed by atoms with Crippen molar-refractivity contribution in [3.63, 3.8) is 0 Å². The van der Waals surface area contributed by atoms with E-state index in [9.17, 15) is 4.79 Å². The molecule has 3 rings (SSSR count). The third-order valence-corrected chi connectivity index (χ3v) is 4.26. The Hall–Kier alpha value is -2.50. The summed E-state index contributed by atoms with van der Waals surface area (Å²) in [5.41, 5.74) is 1.99. The lowest BCUT2D eigenvalue weighted by Crippen LogP contribution is -2.25. The van der Waals surface area contributed by atoms with Crippen LogP contribution in [0.3, 0.4) is 0 Å². The minimum Gasteiger partial charge on any atom is -0.497 e. The van der Waals surface area contributed by atoms with E-state index in [4.69, 9.17) is 9.47 Å². The molecular weight excluding hydrogens is 318 g/mol. The summed E-state index contributed by atoms with van der Waals surface area (Å²) in [6.07, 6.45) is 2.32. The summed E-state index contributed by atoms with van der Waals surface area (Å²) in [7, 11) is 3.15. The monoisotopic (exact) mass is 343 g/mol. The van der Waals surface area contributed by atoms with E-state index in [1.165, 1.54) is 0 Å². The fraction of sp³-hybridized carbons (Fsp3) is 0.474. The predicted molar refractivity (Wildman–Crippen MR) is 96.7 cm³/mol. The first kappa shape index (κ1) is 17.3. The zero-order valence-corrected chi connectivity index (χ0v) is 15.4. The second kappa shape index (κ2) is 6.43. The molecule has 0 radical (unpaired) electrons. The van der Waals surface area contributed by atoms with Crippen LogP contribution in [0.1, 0.15) is 55.7 Å². The fourth-order valence-electron chi connectivity index (χ4n) is 2.80. The van der Waals surface area contributed by atoms with Crippen molar-refractivity contribution >= 4 is 11.6 Å². The average molecular weight is 343 g/mol. The number of anilines is 1. The number of hydrogen-bond acceptors (Lipinski definition) is 4. The molecule has 0 unspecified atom stereocenters. The van der Waals surface area contributed by atoms with Crippen LogP contribution >= 0.6 is 0 Å². The van der Waals surface area contributed by atoms with Gasteiger partial charge in [-0.05, 0) is 51.8 Å². The van der Waals surface area contributed by atoms with E-state index >= 15 is 0 Å². The van der Waals surface area contributed by atoms with Gasteiger partial charge < -0.3 is 14.8 Å². The Morgan fingerprint density at radius 3 is 2.48 bits per heavy atom. The molecule has 1 fully saturated rings. The molecule has 1 saturated carbocycles. The summed E-state index contributed by atoms with van der Waals surface area (Å²) in [5, 5.41) is 7.45. The molecule has 1 aliphatic carbocycles. The molecule has 1 aromatic carbocycles. The second-order valence-electron chi connectivity index (χ2n) is 7.33. The van der Waals surface area contributed by atoms with Gasteiger partial charge in [0.2, 0.25) is 0 Å². The van der Waals surface area contributed by atoms with Crippen molar-refractivity contribution < 1.29 is 14.3 Å². The van der Waals surface area contributed by atoms with Gasteiger partial charge in [0.05, 0.1) is 25.4 Å². The molecular formula is C19H25N3O3. The van der Waals surface area contributed by atoms with Gasteiger partial charge in [0, 0.05) is 17.7 Å². The molecule has 0 saturated heterocycles. The number of aromatic nitrogens is 2. The van der Waals surface area contributed by atoms with Gasteiger partial charge in [-0.25, -0.2) is 0 Å². The number of carbonyl (C=O) groups excluding carboxylic acids is 1. The van der Waals surface area contributed by atoms with Gasteiger partial charge in [0.25, 0.3) is 5.91 Å². The largest absolute Gasteiger partial charge is 0.497 e. The van der Waals surface area contributed by atoms with Crippen molar-refractivity contribution in [3.05, 3.63) is 35.7 Å². The highest BCUT2D eigenvalue weighted by atomic mass is 16.5. The lowest BCUT2D eigenvalue weighted by Gasteiger charge is -2.22. The minimum atomic E-state index is -0.242. The standard InChI is InChI=1S/C19H25N3O3/c1-19(2,3)22-16(12-6-7-12)11-15(21-22)18(23)20-14-9-8-13(24-4)10-17(14)25-5/h8-12H,6-7H2,1-5H3,(H,20,23). The Kier molecular flexibility index (Phi) is 4.45. The molecule has 1 aromatic heterocycles. The van der Waals surface area contributed by atoms with Crippen molar-refractivity contribution in [3.8, 4) is 11.5 Å². The van der Waals surface area contributed by atoms with Crippen LogP contribution in [0.25, 0.3) is 0 Å². The van der Waals surface area contributed by atoms with Gasteiger partial charge in [-0.2, -0.15) is 5.10 Å². The number of ether oxygens (including phenoxy) is 2. The Balaban J connectivity index is 1.87. The van der Waals surface area contributed by atoms with E-state index in [0.717, 1.165) is 18.5 Å². The zero-order chi connectivity index (χ0) is 18.2. The average Bonchev–Trinajstić information content (AvgIpc) is 3.31. The summed E-state index contributed by atoms with van der Waals surface area (Å²) in [6, 6.07) is 7.19. The Morgan fingerprint density at radius 1 is 1.20 bits per heavy atom. The number of nitrogens with zero attached hydrogens (tertiary/aromatic N) is 2. The summed E-state index contributed by atoms with van der Waals surface area (Å²) in [5.74, 6) is 1.49. The van der Waals surface area contributed by atoms with Gasteiger partial charge in [0.15, 0.2) is 5.69 Å². The highest BCUT2D eigenvalue weighted by molar-refractivity contribution is 6.03. The molecule has 1 heterocycles. The number of benzene rings is 1. The first-order valence-electron chi connectivity index (χ1n) is 8.47. The fourth-order valence-corrected chi connectivity index (χ4v) is 2.80. The van der Waals surface area contributed by atoms with Crippen molar-refractivity contribution in [2.75, 3.05) is 19.5 Å². The van der Waals surface area contributed by atoms with Gasteiger partial charge in [-0.15, -0.1) is 0 Å². The van der Waals surface area contributed by atoms with Crippen molar-refractivity contribution in [2.45, 2.75) is 45.1 Å². The number of rotatable bonds is 5. The van der Waals surface area contributed by atoms with E-state index < -0.39 is 0 Å². The molecule has 6 heteroatoms. The number of methoxy groups -OCH3 is 2. The first-order valence-corrected chi connectivity index (χ1v) is 8.47. The zero-order valence-electron chi connectivity index (χ0n) is 15.4. The van der Waals surface area contributed by atoms with E-state index in [0.29, 0.717) is 28.8 Å². The van der Waals surface area contributed by atoms with Crippen LogP contribution in [-0.4, -0.2) is 29.9 Å². The smallest absolute Gasteiger partial charge is 0.276 e. The predicted octanol–water partition coefficient (Wildman–Crippen LogP) is 3.79.